The molecule has 4 nitrogen and oxygen atoms in total. The summed E-state index contributed by atoms with van der Waals surface area (Å²) in [5, 5.41) is 10.5. The van der Waals surface area contributed by atoms with E-state index in [1.165, 1.54) is 4.90 Å². The number of aromatic nitrogens is 1. The molecule has 1 aromatic heterocycles. The van der Waals surface area contributed by atoms with Gasteiger partial charge in [-0.25, -0.2) is 4.98 Å². The monoisotopic (exact) mass is 228 g/mol. The number of para-hydroxylation sites is 1. The molecule has 0 saturated carbocycles. The third-order valence-corrected chi connectivity index (χ3v) is 2.96. The molecule has 2 heterocycles. The second-order valence-electron chi connectivity index (χ2n) is 4.22. The van der Waals surface area contributed by atoms with Gasteiger partial charge in [-0.1, -0.05) is 18.2 Å². The molecule has 1 aliphatic heterocycles. The smallest absolute Gasteiger partial charge is 0.230 e. The highest BCUT2D eigenvalue weighted by molar-refractivity contribution is 5.96. The molecule has 0 radical (unpaired) electrons. The maximum atomic E-state index is 11.6. The van der Waals surface area contributed by atoms with Crippen molar-refractivity contribution in [3.05, 3.63) is 36.4 Å². The van der Waals surface area contributed by atoms with E-state index >= 15 is 0 Å². The second-order valence-corrected chi connectivity index (χ2v) is 4.22. The summed E-state index contributed by atoms with van der Waals surface area (Å²) in [7, 11) is 0. The Kier molecular flexibility index (Phi) is 2.30. The molecule has 1 atom stereocenters. The lowest BCUT2D eigenvalue weighted by Crippen LogP contribution is -2.26. The molecule has 1 N–H and O–H groups in total. The van der Waals surface area contributed by atoms with Crippen LogP contribution in [0.5, 0.6) is 0 Å². The molecule has 1 aliphatic rings. The van der Waals surface area contributed by atoms with Crippen LogP contribution in [0, 0.1) is 0 Å². The van der Waals surface area contributed by atoms with Crippen LogP contribution >= 0.6 is 0 Å². The van der Waals surface area contributed by atoms with Gasteiger partial charge in [-0.2, -0.15) is 0 Å². The van der Waals surface area contributed by atoms with E-state index in [9.17, 15) is 9.90 Å². The fourth-order valence-corrected chi connectivity index (χ4v) is 2.12. The van der Waals surface area contributed by atoms with Crippen LogP contribution in [0.15, 0.2) is 36.4 Å². The predicted octanol–water partition coefficient (Wildman–Crippen LogP) is 1.33. The van der Waals surface area contributed by atoms with Crippen molar-refractivity contribution in [2.45, 2.75) is 12.5 Å². The molecule has 1 amide bonds. The molecule has 0 spiro atoms. The molecule has 1 aromatic carbocycles. The van der Waals surface area contributed by atoms with Crippen molar-refractivity contribution < 1.29 is 9.90 Å². The lowest BCUT2D eigenvalue weighted by molar-refractivity contribution is -0.117. The summed E-state index contributed by atoms with van der Waals surface area (Å²) >= 11 is 0. The van der Waals surface area contributed by atoms with Gasteiger partial charge in [0.25, 0.3) is 0 Å². The normalized spacial score (nSPS) is 20.2. The van der Waals surface area contributed by atoms with Crippen LogP contribution in [-0.4, -0.2) is 28.6 Å². The summed E-state index contributed by atoms with van der Waals surface area (Å²) in [5.41, 5.74) is 0.860. The van der Waals surface area contributed by atoms with Crippen molar-refractivity contribution in [1.82, 2.24) is 4.98 Å². The van der Waals surface area contributed by atoms with Gasteiger partial charge >= 0.3 is 0 Å². The number of β-amino-alcohol motifs (C(OH)–C–C–N with tert-alkyl or cyclic N) is 1. The Morgan fingerprint density at radius 1 is 1.24 bits per heavy atom. The number of anilines is 1. The second kappa shape index (κ2) is 3.82. The molecule has 0 bridgehead atoms. The average Bonchev–Trinajstić information content (AvgIpc) is 2.68. The van der Waals surface area contributed by atoms with Crippen LogP contribution < -0.4 is 4.90 Å². The average molecular weight is 228 g/mol. The summed E-state index contributed by atoms with van der Waals surface area (Å²) < 4.78 is 0. The first-order valence-electron chi connectivity index (χ1n) is 5.58. The molecule has 1 saturated heterocycles. The number of fused-ring (bicyclic) bond motifs is 1. The van der Waals surface area contributed by atoms with Crippen molar-refractivity contribution in [2.24, 2.45) is 0 Å². The van der Waals surface area contributed by atoms with E-state index in [-0.39, 0.29) is 12.3 Å². The van der Waals surface area contributed by atoms with Gasteiger partial charge < -0.3 is 5.11 Å². The van der Waals surface area contributed by atoms with Gasteiger partial charge in [0.2, 0.25) is 5.91 Å². The molecule has 3 rings (SSSR count). The standard InChI is InChI=1S/C13H12N2O2/c16-10-7-13(17)15(8-10)12-6-5-9-3-1-2-4-11(9)14-12/h1-6,10,16H,7-8H2. The maximum Gasteiger partial charge on any atom is 0.230 e. The number of amides is 1. The quantitative estimate of drug-likeness (QED) is 0.801. The lowest BCUT2D eigenvalue weighted by atomic mass is 10.2. The highest BCUT2D eigenvalue weighted by Crippen LogP contribution is 2.22. The zero-order chi connectivity index (χ0) is 11.8. The van der Waals surface area contributed by atoms with Gasteiger partial charge in [-0.05, 0) is 18.2 Å². The summed E-state index contributed by atoms with van der Waals surface area (Å²) in [4.78, 5) is 17.6. The van der Waals surface area contributed by atoms with E-state index in [2.05, 4.69) is 4.98 Å². The molecule has 86 valence electrons. The van der Waals surface area contributed by atoms with Crippen LogP contribution in [0.2, 0.25) is 0 Å². The SMILES string of the molecule is O=C1CC(O)CN1c1ccc2ccccc2n1. The van der Waals surface area contributed by atoms with Gasteiger partial charge in [0.05, 0.1) is 24.6 Å². The fraction of sp³-hybridized carbons (Fsp3) is 0.231. The molecule has 0 aliphatic carbocycles. The molecular formula is C13H12N2O2. The fourth-order valence-electron chi connectivity index (χ4n) is 2.12. The van der Waals surface area contributed by atoms with Crippen LogP contribution in [-0.2, 0) is 4.79 Å². The minimum atomic E-state index is -0.573. The van der Waals surface area contributed by atoms with Crippen molar-refractivity contribution in [1.29, 1.82) is 0 Å². The minimum absolute atomic E-state index is 0.0692. The van der Waals surface area contributed by atoms with Crippen molar-refractivity contribution in [3.8, 4) is 0 Å². The first-order chi connectivity index (χ1) is 8.24. The number of hydrogen-bond donors (Lipinski definition) is 1. The molecule has 2 aromatic rings. The van der Waals surface area contributed by atoms with Crippen molar-refractivity contribution in [2.75, 3.05) is 11.4 Å². The Bertz CT molecular complexity index is 582. The van der Waals surface area contributed by atoms with Gasteiger partial charge in [-0.15, -0.1) is 0 Å². The van der Waals surface area contributed by atoms with Crippen LogP contribution in [0.1, 0.15) is 6.42 Å². The van der Waals surface area contributed by atoms with Crippen molar-refractivity contribution >= 4 is 22.6 Å². The van der Waals surface area contributed by atoms with Crippen LogP contribution in [0.3, 0.4) is 0 Å². The maximum absolute atomic E-state index is 11.6. The number of aliphatic hydroxyl groups is 1. The lowest BCUT2D eigenvalue weighted by Gasteiger charge is -2.14. The van der Waals surface area contributed by atoms with E-state index in [1.54, 1.807) is 0 Å². The topological polar surface area (TPSA) is 53.4 Å². The summed E-state index contributed by atoms with van der Waals surface area (Å²) in [6.45, 7) is 0.337. The number of hydrogen-bond acceptors (Lipinski definition) is 3. The number of nitrogens with zero attached hydrogens (tertiary/aromatic N) is 2. The summed E-state index contributed by atoms with van der Waals surface area (Å²) in [6.07, 6.45) is -0.384. The summed E-state index contributed by atoms with van der Waals surface area (Å²) in [6, 6.07) is 11.5. The Labute approximate surface area is 98.5 Å². The Balaban J connectivity index is 2.03. The Hall–Kier alpha value is -1.94. The first-order valence-corrected chi connectivity index (χ1v) is 5.58. The molecular weight excluding hydrogens is 216 g/mol. The molecule has 1 fully saturated rings. The first kappa shape index (κ1) is 10.2. The predicted molar refractivity (Wildman–Crippen MR) is 64.7 cm³/mol. The third-order valence-electron chi connectivity index (χ3n) is 2.96. The number of pyridine rings is 1. The van der Waals surface area contributed by atoms with Gasteiger partial charge in [0.15, 0.2) is 0 Å². The van der Waals surface area contributed by atoms with Crippen LogP contribution in [0.25, 0.3) is 10.9 Å². The molecule has 17 heavy (non-hydrogen) atoms. The van der Waals surface area contributed by atoms with E-state index in [0.717, 1.165) is 10.9 Å². The Morgan fingerprint density at radius 3 is 2.82 bits per heavy atom. The van der Waals surface area contributed by atoms with Gasteiger partial charge in [-0.3, -0.25) is 9.69 Å². The van der Waals surface area contributed by atoms with E-state index in [0.29, 0.717) is 12.4 Å². The van der Waals surface area contributed by atoms with E-state index < -0.39 is 6.10 Å². The van der Waals surface area contributed by atoms with E-state index in [4.69, 9.17) is 0 Å². The van der Waals surface area contributed by atoms with Gasteiger partial charge in [0.1, 0.15) is 5.82 Å². The minimum Gasteiger partial charge on any atom is -0.391 e. The number of carbonyl (C=O) groups excluding carboxylic acids is 1. The largest absolute Gasteiger partial charge is 0.391 e. The third kappa shape index (κ3) is 1.76. The number of rotatable bonds is 1. The zero-order valence-electron chi connectivity index (χ0n) is 9.21. The van der Waals surface area contributed by atoms with Gasteiger partial charge in [0, 0.05) is 5.39 Å². The molecule has 4 heteroatoms. The number of benzene rings is 1. The number of carbonyl (C=O) groups is 1. The van der Waals surface area contributed by atoms with Crippen LogP contribution in [0.4, 0.5) is 5.82 Å². The molecule has 1 unspecified atom stereocenters. The zero-order valence-corrected chi connectivity index (χ0v) is 9.21. The Morgan fingerprint density at radius 2 is 2.06 bits per heavy atom. The van der Waals surface area contributed by atoms with Crippen molar-refractivity contribution in [3.63, 3.8) is 0 Å². The van der Waals surface area contributed by atoms with E-state index in [1.807, 2.05) is 36.4 Å². The highest BCUT2D eigenvalue weighted by atomic mass is 16.3. The summed E-state index contributed by atoms with van der Waals surface area (Å²) in [5.74, 6) is 0.547. The highest BCUT2D eigenvalue weighted by Gasteiger charge is 2.29. The number of aliphatic hydroxyl groups excluding tert-OH is 1.